The number of halogens is 3. The average Bonchev–Trinajstić information content (AvgIpc) is 3.43. The van der Waals surface area contributed by atoms with Crippen molar-refractivity contribution in [2.75, 3.05) is 10.6 Å². The number of oxazole rings is 1. The topological polar surface area (TPSA) is 117 Å². The first-order valence-electron chi connectivity index (χ1n) is 10.1. The molecule has 2 atom stereocenters. The maximum Gasteiger partial charge on any atom is 0.452 e. The van der Waals surface area contributed by atoms with E-state index in [-0.39, 0.29) is 17.6 Å². The first kappa shape index (κ1) is 22.3. The Morgan fingerprint density at radius 3 is 2.45 bits per heavy atom. The van der Waals surface area contributed by atoms with Crippen molar-refractivity contribution in [2.24, 2.45) is 5.92 Å². The fourth-order valence-corrected chi connectivity index (χ4v) is 3.66. The minimum Gasteiger partial charge on any atom is -0.481 e. The number of hydrogen-bond donors (Lipinski definition) is 3. The van der Waals surface area contributed by atoms with Crippen LogP contribution in [-0.4, -0.2) is 33.0 Å². The molecule has 1 aliphatic rings. The Morgan fingerprint density at radius 2 is 1.85 bits per heavy atom. The van der Waals surface area contributed by atoms with Gasteiger partial charge in [-0.1, -0.05) is 18.2 Å². The van der Waals surface area contributed by atoms with Gasteiger partial charge in [0.05, 0.1) is 17.8 Å². The van der Waals surface area contributed by atoms with Crippen LogP contribution < -0.4 is 10.6 Å². The molecule has 4 rings (SSSR count). The van der Waals surface area contributed by atoms with Crippen LogP contribution in [0.5, 0.6) is 0 Å². The van der Waals surface area contributed by atoms with Crippen LogP contribution in [0.25, 0.3) is 11.5 Å². The quantitative estimate of drug-likeness (QED) is 0.489. The standard InChI is InChI=1S/C22H19F3N4O4/c23-22(24,25)18-17(29-20(33-18)12-4-2-1-3-5-12)19(30)28-15-8-9-16(26-11-15)27-14-7-6-13(10-14)21(31)32/h1-5,8-9,11,13-14H,6-7,10H2,(H,26,27)(H,28,30)(H,31,32)/t13-,14+/m1/s1. The van der Waals surface area contributed by atoms with Gasteiger partial charge in [0, 0.05) is 11.6 Å². The normalized spacial score (nSPS) is 18.2. The number of nitrogens with one attached hydrogen (secondary N) is 2. The Balaban J connectivity index is 1.47. The lowest BCUT2D eigenvalue weighted by molar-refractivity contribution is -0.153. The highest BCUT2D eigenvalue weighted by Crippen LogP contribution is 2.35. The molecule has 172 valence electrons. The molecule has 0 saturated heterocycles. The van der Waals surface area contributed by atoms with Crippen LogP contribution in [0.15, 0.2) is 53.1 Å². The number of rotatable bonds is 6. The molecule has 33 heavy (non-hydrogen) atoms. The zero-order chi connectivity index (χ0) is 23.6. The molecule has 1 aliphatic carbocycles. The number of nitrogens with zero attached hydrogens (tertiary/aromatic N) is 2. The van der Waals surface area contributed by atoms with Crippen LogP contribution in [0, 0.1) is 5.92 Å². The molecule has 11 heteroatoms. The maximum absolute atomic E-state index is 13.4. The number of carboxylic acids is 1. The van der Waals surface area contributed by atoms with Gasteiger partial charge in [-0.3, -0.25) is 9.59 Å². The number of aromatic nitrogens is 2. The molecule has 1 aromatic carbocycles. The summed E-state index contributed by atoms with van der Waals surface area (Å²) in [4.78, 5) is 31.5. The van der Waals surface area contributed by atoms with Gasteiger partial charge in [0.1, 0.15) is 5.82 Å². The third-order valence-corrected chi connectivity index (χ3v) is 5.28. The summed E-state index contributed by atoms with van der Waals surface area (Å²) in [5, 5.41) is 14.6. The van der Waals surface area contributed by atoms with E-state index in [1.165, 1.54) is 24.4 Å². The summed E-state index contributed by atoms with van der Waals surface area (Å²) >= 11 is 0. The van der Waals surface area contributed by atoms with Gasteiger partial charge in [-0.25, -0.2) is 9.97 Å². The summed E-state index contributed by atoms with van der Waals surface area (Å²) in [7, 11) is 0. The Kier molecular flexibility index (Phi) is 6.03. The van der Waals surface area contributed by atoms with E-state index in [0.717, 1.165) is 0 Å². The largest absolute Gasteiger partial charge is 0.481 e. The minimum absolute atomic E-state index is 0.0417. The van der Waals surface area contributed by atoms with E-state index in [1.807, 2.05) is 0 Å². The number of carboxylic acid groups (broad SMARTS) is 1. The zero-order valence-electron chi connectivity index (χ0n) is 17.1. The van der Waals surface area contributed by atoms with Gasteiger partial charge in [-0.15, -0.1) is 0 Å². The molecule has 2 aromatic heterocycles. The summed E-state index contributed by atoms with van der Waals surface area (Å²) in [5.74, 6) is -3.65. The van der Waals surface area contributed by atoms with Crippen LogP contribution in [0.3, 0.4) is 0 Å². The number of hydrogen-bond acceptors (Lipinski definition) is 6. The zero-order valence-corrected chi connectivity index (χ0v) is 17.1. The molecule has 3 N–H and O–H groups in total. The predicted molar refractivity (Wildman–Crippen MR) is 112 cm³/mol. The van der Waals surface area contributed by atoms with Crippen molar-refractivity contribution in [1.82, 2.24) is 9.97 Å². The summed E-state index contributed by atoms with van der Waals surface area (Å²) in [5.41, 5.74) is -0.414. The van der Waals surface area contributed by atoms with Gasteiger partial charge in [-0.2, -0.15) is 13.2 Å². The fourth-order valence-electron chi connectivity index (χ4n) is 3.66. The van der Waals surface area contributed by atoms with Crippen molar-refractivity contribution in [2.45, 2.75) is 31.5 Å². The van der Waals surface area contributed by atoms with E-state index in [2.05, 4.69) is 20.6 Å². The van der Waals surface area contributed by atoms with E-state index >= 15 is 0 Å². The first-order chi connectivity index (χ1) is 15.7. The molecule has 0 unspecified atom stereocenters. The molecule has 1 saturated carbocycles. The van der Waals surface area contributed by atoms with Gasteiger partial charge < -0.3 is 20.2 Å². The van der Waals surface area contributed by atoms with Gasteiger partial charge in [0.2, 0.25) is 11.7 Å². The van der Waals surface area contributed by atoms with E-state index < -0.39 is 35.4 Å². The summed E-state index contributed by atoms with van der Waals surface area (Å²) in [6, 6.07) is 10.9. The minimum atomic E-state index is -4.91. The summed E-state index contributed by atoms with van der Waals surface area (Å²) in [6.45, 7) is 0. The lowest BCUT2D eigenvalue weighted by atomic mass is 10.1. The summed E-state index contributed by atoms with van der Waals surface area (Å²) in [6.07, 6.45) is -1.88. The van der Waals surface area contributed by atoms with Crippen molar-refractivity contribution in [3.05, 3.63) is 60.1 Å². The molecule has 0 spiro atoms. The van der Waals surface area contributed by atoms with Crippen molar-refractivity contribution >= 4 is 23.4 Å². The molecule has 0 bridgehead atoms. The van der Waals surface area contributed by atoms with Gasteiger partial charge in [-0.05, 0) is 43.5 Å². The van der Waals surface area contributed by atoms with Crippen LogP contribution in [0.4, 0.5) is 24.7 Å². The molecular formula is C22H19F3N4O4. The second kappa shape index (κ2) is 8.93. The first-order valence-corrected chi connectivity index (χ1v) is 10.1. The van der Waals surface area contributed by atoms with Crippen LogP contribution >= 0.6 is 0 Å². The van der Waals surface area contributed by atoms with Crippen LogP contribution in [0.1, 0.15) is 35.5 Å². The molecule has 1 amide bonds. The predicted octanol–water partition coefficient (Wildman–Crippen LogP) is 4.67. The van der Waals surface area contributed by atoms with Crippen LogP contribution in [-0.2, 0) is 11.0 Å². The monoisotopic (exact) mass is 460 g/mol. The van der Waals surface area contributed by atoms with Gasteiger partial charge >= 0.3 is 12.1 Å². The third kappa shape index (κ3) is 5.13. The maximum atomic E-state index is 13.4. The third-order valence-electron chi connectivity index (χ3n) is 5.28. The smallest absolute Gasteiger partial charge is 0.452 e. The molecule has 1 fully saturated rings. The number of pyridine rings is 1. The van der Waals surface area contributed by atoms with E-state index in [0.29, 0.717) is 30.6 Å². The van der Waals surface area contributed by atoms with Gasteiger partial charge in [0.25, 0.3) is 5.91 Å². The number of anilines is 2. The van der Waals surface area contributed by atoms with Crippen molar-refractivity contribution in [1.29, 1.82) is 0 Å². The van der Waals surface area contributed by atoms with Crippen molar-refractivity contribution in [3.8, 4) is 11.5 Å². The lowest BCUT2D eigenvalue weighted by Gasteiger charge is -2.13. The second-order valence-electron chi connectivity index (χ2n) is 7.64. The average molecular weight is 460 g/mol. The number of carbonyl (C=O) groups excluding carboxylic acids is 1. The highest BCUT2D eigenvalue weighted by Gasteiger charge is 2.42. The van der Waals surface area contributed by atoms with E-state index in [9.17, 15) is 22.8 Å². The second-order valence-corrected chi connectivity index (χ2v) is 7.64. The molecule has 2 heterocycles. The lowest BCUT2D eigenvalue weighted by Crippen LogP contribution is -2.19. The molecule has 3 aromatic rings. The van der Waals surface area contributed by atoms with Crippen molar-refractivity contribution < 1.29 is 32.3 Å². The summed E-state index contributed by atoms with van der Waals surface area (Å²) < 4.78 is 45.2. The molecular weight excluding hydrogens is 441 g/mol. The fraction of sp³-hybridized carbons (Fsp3) is 0.273. The highest BCUT2D eigenvalue weighted by atomic mass is 19.4. The number of benzene rings is 1. The van der Waals surface area contributed by atoms with E-state index in [4.69, 9.17) is 9.52 Å². The Hall–Kier alpha value is -3.89. The highest BCUT2D eigenvalue weighted by molar-refractivity contribution is 6.04. The molecule has 0 aliphatic heterocycles. The molecule has 8 nitrogen and oxygen atoms in total. The SMILES string of the molecule is O=C(Nc1ccc(N[C@H]2CC[C@@H](C(=O)O)C2)nc1)c1nc(-c2ccccc2)oc1C(F)(F)F. The number of amides is 1. The molecule has 0 radical (unpaired) electrons. The Morgan fingerprint density at radius 1 is 1.09 bits per heavy atom. The number of carbonyl (C=O) groups is 2. The number of alkyl halides is 3. The van der Waals surface area contributed by atoms with Crippen LogP contribution in [0.2, 0.25) is 0 Å². The van der Waals surface area contributed by atoms with Crippen molar-refractivity contribution in [3.63, 3.8) is 0 Å². The van der Waals surface area contributed by atoms with Gasteiger partial charge in [0.15, 0.2) is 5.69 Å². The Labute approximate surface area is 185 Å². The van der Waals surface area contributed by atoms with E-state index in [1.54, 1.807) is 24.3 Å². The number of aliphatic carboxylic acids is 1. The Bertz CT molecular complexity index is 1150.